The van der Waals surface area contributed by atoms with Crippen molar-refractivity contribution in [2.24, 2.45) is 17.4 Å². The summed E-state index contributed by atoms with van der Waals surface area (Å²) in [5, 5.41) is 0. The van der Waals surface area contributed by atoms with Crippen molar-refractivity contribution in [3.8, 4) is 5.75 Å². The first-order valence-corrected chi connectivity index (χ1v) is 7.54. The molecule has 0 aromatic heterocycles. The highest BCUT2D eigenvalue weighted by atomic mass is 127. The lowest BCUT2D eigenvalue weighted by Gasteiger charge is -2.19. The summed E-state index contributed by atoms with van der Waals surface area (Å²) >= 11 is 2.30. The van der Waals surface area contributed by atoms with Gasteiger partial charge in [0.2, 0.25) is 5.91 Å². The normalized spacial score (nSPS) is 16.6. The van der Waals surface area contributed by atoms with E-state index in [0.29, 0.717) is 6.42 Å². The van der Waals surface area contributed by atoms with Crippen molar-refractivity contribution < 1.29 is 9.53 Å². The molecule has 0 radical (unpaired) electrons. The fourth-order valence-corrected chi connectivity index (χ4v) is 3.27. The molecule has 4 N–H and O–H groups in total. The van der Waals surface area contributed by atoms with Crippen LogP contribution in [0, 0.1) is 9.49 Å². The molecule has 0 spiro atoms. The Kier molecular flexibility index (Phi) is 4.67. The zero-order valence-electron chi connectivity index (χ0n) is 11.0. The number of hydrogen-bond acceptors (Lipinski definition) is 3. The minimum atomic E-state index is -0.274. The summed E-state index contributed by atoms with van der Waals surface area (Å²) in [4.78, 5) is 10.9. The van der Waals surface area contributed by atoms with Gasteiger partial charge in [-0.1, -0.05) is 6.92 Å². The molecule has 1 aromatic rings. The van der Waals surface area contributed by atoms with Crippen LogP contribution in [0.2, 0.25) is 0 Å². The van der Waals surface area contributed by atoms with Gasteiger partial charge < -0.3 is 16.2 Å². The van der Waals surface area contributed by atoms with Gasteiger partial charge in [-0.15, -0.1) is 0 Å². The number of primary amides is 1. The van der Waals surface area contributed by atoms with Crippen molar-refractivity contribution in [3.63, 3.8) is 0 Å². The predicted octanol–water partition coefficient (Wildman–Crippen LogP) is 2.13. The van der Waals surface area contributed by atoms with Gasteiger partial charge in [-0.05, 0) is 52.6 Å². The molecule has 2 atom stereocenters. The van der Waals surface area contributed by atoms with Crippen LogP contribution in [0.1, 0.15) is 36.9 Å². The molecular formula is C14H19IN2O2. The first kappa shape index (κ1) is 14.6. The van der Waals surface area contributed by atoms with E-state index in [2.05, 4.69) is 34.7 Å². The van der Waals surface area contributed by atoms with Gasteiger partial charge in [0.15, 0.2) is 0 Å². The fraction of sp³-hybridized carbons (Fsp3) is 0.500. The number of benzene rings is 1. The van der Waals surface area contributed by atoms with Crippen LogP contribution in [0.5, 0.6) is 5.75 Å². The van der Waals surface area contributed by atoms with E-state index >= 15 is 0 Å². The van der Waals surface area contributed by atoms with Crippen LogP contribution < -0.4 is 16.2 Å². The zero-order valence-corrected chi connectivity index (χ0v) is 13.1. The average molecular weight is 374 g/mol. The molecule has 0 bridgehead atoms. The Morgan fingerprint density at radius 3 is 2.95 bits per heavy atom. The molecule has 104 valence electrons. The van der Waals surface area contributed by atoms with Crippen molar-refractivity contribution in [3.05, 3.63) is 26.8 Å². The van der Waals surface area contributed by atoms with Gasteiger partial charge in [-0.2, -0.15) is 0 Å². The summed E-state index contributed by atoms with van der Waals surface area (Å²) in [6.07, 6.45) is 2.06. The number of nitrogens with two attached hydrogens (primary N) is 2. The third-order valence-electron chi connectivity index (χ3n) is 3.38. The number of amides is 1. The lowest BCUT2D eigenvalue weighted by Crippen LogP contribution is -2.20. The quantitative estimate of drug-likeness (QED) is 0.776. The smallest absolute Gasteiger partial charge is 0.217 e. The maximum absolute atomic E-state index is 10.9. The Hall–Kier alpha value is -0.820. The van der Waals surface area contributed by atoms with E-state index in [0.717, 1.165) is 30.8 Å². The van der Waals surface area contributed by atoms with E-state index in [1.807, 2.05) is 6.92 Å². The number of carbonyl (C=O) groups excluding carboxylic acids is 1. The largest absolute Gasteiger partial charge is 0.493 e. The van der Waals surface area contributed by atoms with Crippen molar-refractivity contribution in [1.29, 1.82) is 0 Å². The highest BCUT2D eigenvalue weighted by molar-refractivity contribution is 14.1. The fourth-order valence-electron chi connectivity index (χ4n) is 2.56. The molecule has 2 unspecified atom stereocenters. The minimum Gasteiger partial charge on any atom is -0.493 e. The Morgan fingerprint density at radius 2 is 2.26 bits per heavy atom. The Morgan fingerprint density at radius 1 is 1.53 bits per heavy atom. The maximum Gasteiger partial charge on any atom is 0.217 e. The Labute approximate surface area is 127 Å². The number of fused-ring (bicyclic) bond motifs is 1. The Bertz CT molecular complexity index is 491. The maximum atomic E-state index is 10.9. The highest BCUT2D eigenvalue weighted by Crippen LogP contribution is 2.36. The van der Waals surface area contributed by atoms with Crippen LogP contribution in [0.4, 0.5) is 0 Å². The number of halogens is 1. The third kappa shape index (κ3) is 3.60. The van der Waals surface area contributed by atoms with Gasteiger partial charge in [-0.25, -0.2) is 0 Å². The van der Waals surface area contributed by atoms with E-state index in [1.54, 1.807) is 0 Å². The van der Waals surface area contributed by atoms with Gasteiger partial charge in [0.25, 0.3) is 0 Å². The summed E-state index contributed by atoms with van der Waals surface area (Å²) in [5.74, 6) is 0.852. The van der Waals surface area contributed by atoms with E-state index in [9.17, 15) is 4.79 Å². The van der Waals surface area contributed by atoms with E-state index in [4.69, 9.17) is 16.2 Å². The average Bonchev–Trinajstić information content (AvgIpc) is 2.73. The van der Waals surface area contributed by atoms with E-state index < -0.39 is 0 Å². The summed E-state index contributed by atoms with van der Waals surface area (Å²) in [6.45, 7) is 2.73. The SMILES string of the molecule is CC(CC(N)=O)CC(N)c1cc(I)cc2c1OCC2. The lowest BCUT2D eigenvalue weighted by molar-refractivity contribution is -0.118. The minimum absolute atomic E-state index is 0.115. The zero-order chi connectivity index (χ0) is 14.0. The number of ether oxygens (including phenoxy) is 1. The molecule has 4 nitrogen and oxygen atoms in total. The molecule has 1 aromatic carbocycles. The Balaban J connectivity index is 2.15. The lowest BCUT2D eigenvalue weighted by atomic mass is 9.92. The van der Waals surface area contributed by atoms with Gasteiger partial charge in [0.05, 0.1) is 6.61 Å². The molecule has 5 heteroatoms. The molecule has 1 amide bonds. The summed E-state index contributed by atoms with van der Waals surface area (Å²) in [7, 11) is 0. The first-order valence-electron chi connectivity index (χ1n) is 6.46. The van der Waals surface area contributed by atoms with Crippen LogP contribution in [-0.2, 0) is 11.2 Å². The van der Waals surface area contributed by atoms with Gasteiger partial charge in [-0.3, -0.25) is 4.79 Å². The molecule has 1 aliphatic rings. The predicted molar refractivity (Wildman–Crippen MR) is 82.9 cm³/mol. The molecule has 0 aliphatic carbocycles. The van der Waals surface area contributed by atoms with Crippen molar-refractivity contribution >= 4 is 28.5 Å². The molecule has 0 fully saturated rings. The summed E-state index contributed by atoms with van der Waals surface area (Å²) < 4.78 is 6.87. The molecule has 1 aliphatic heterocycles. The molecule has 2 rings (SSSR count). The topological polar surface area (TPSA) is 78.3 Å². The number of rotatable bonds is 5. The second-order valence-corrected chi connectivity index (χ2v) is 6.45. The number of hydrogen-bond donors (Lipinski definition) is 2. The van der Waals surface area contributed by atoms with Crippen LogP contribution in [0.3, 0.4) is 0 Å². The standard InChI is InChI=1S/C14H19IN2O2/c1-8(5-13(17)18)4-12(16)11-7-10(15)6-9-2-3-19-14(9)11/h6-8,12H,2-5,16H2,1H3,(H2,17,18). The highest BCUT2D eigenvalue weighted by Gasteiger charge is 2.22. The van der Waals surface area contributed by atoms with Gasteiger partial charge in [0, 0.05) is 28.0 Å². The second kappa shape index (κ2) is 6.09. The van der Waals surface area contributed by atoms with Crippen LogP contribution in [-0.4, -0.2) is 12.5 Å². The molecule has 0 saturated heterocycles. The monoisotopic (exact) mass is 374 g/mol. The summed E-state index contributed by atoms with van der Waals surface area (Å²) in [5.41, 5.74) is 13.8. The molecular weight excluding hydrogens is 355 g/mol. The van der Waals surface area contributed by atoms with Crippen LogP contribution in [0.25, 0.3) is 0 Å². The third-order valence-corrected chi connectivity index (χ3v) is 4.01. The van der Waals surface area contributed by atoms with Crippen molar-refractivity contribution in [2.75, 3.05) is 6.61 Å². The van der Waals surface area contributed by atoms with E-state index in [-0.39, 0.29) is 17.9 Å². The molecule has 19 heavy (non-hydrogen) atoms. The van der Waals surface area contributed by atoms with Crippen molar-refractivity contribution in [1.82, 2.24) is 0 Å². The van der Waals surface area contributed by atoms with Gasteiger partial charge in [0.1, 0.15) is 5.75 Å². The van der Waals surface area contributed by atoms with Crippen LogP contribution >= 0.6 is 22.6 Å². The summed E-state index contributed by atoms with van der Waals surface area (Å²) in [6, 6.07) is 4.11. The van der Waals surface area contributed by atoms with Crippen molar-refractivity contribution in [2.45, 2.75) is 32.2 Å². The van der Waals surface area contributed by atoms with E-state index in [1.165, 1.54) is 9.13 Å². The molecule has 1 heterocycles. The number of carbonyl (C=O) groups is 1. The second-order valence-electron chi connectivity index (χ2n) is 5.20. The van der Waals surface area contributed by atoms with Gasteiger partial charge >= 0.3 is 0 Å². The van der Waals surface area contributed by atoms with Crippen LogP contribution in [0.15, 0.2) is 12.1 Å². The molecule has 0 saturated carbocycles. The first-order chi connectivity index (χ1) is 8.97.